The summed E-state index contributed by atoms with van der Waals surface area (Å²) in [6.45, 7) is 0.00131. The topological polar surface area (TPSA) is 107 Å². The number of carbonyl (C=O) groups is 1. The molecule has 0 spiro atoms. The zero-order chi connectivity index (χ0) is 12.9. The van der Waals surface area contributed by atoms with Crippen LogP contribution in [0.4, 0.5) is 0 Å². The molecule has 0 aromatic heterocycles. The summed E-state index contributed by atoms with van der Waals surface area (Å²) in [5.74, 6) is -2.36. The van der Waals surface area contributed by atoms with Crippen LogP contribution in [0.5, 0.6) is 0 Å². The molecule has 0 radical (unpaired) electrons. The molecule has 1 rings (SSSR count). The Morgan fingerprint density at radius 2 is 1.94 bits per heavy atom. The van der Waals surface area contributed by atoms with Gasteiger partial charge in [0.1, 0.15) is 0 Å². The first-order valence-corrected chi connectivity index (χ1v) is 6.26. The lowest BCUT2D eigenvalue weighted by molar-refractivity contribution is -0.134. The highest BCUT2D eigenvalue weighted by Gasteiger charge is 2.14. The van der Waals surface area contributed by atoms with Crippen molar-refractivity contribution < 1.29 is 18.3 Å². The van der Waals surface area contributed by atoms with E-state index in [2.05, 4.69) is 4.72 Å². The molecule has 0 saturated heterocycles. The van der Waals surface area contributed by atoms with Crippen molar-refractivity contribution in [1.29, 1.82) is 5.26 Å². The van der Waals surface area contributed by atoms with Crippen molar-refractivity contribution in [3.05, 3.63) is 35.4 Å². The Balaban J connectivity index is 2.62. The Morgan fingerprint density at radius 3 is 2.41 bits per heavy atom. The number of benzene rings is 1. The summed E-state index contributed by atoms with van der Waals surface area (Å²) in [7, 11) is -3.81. The molecule has 1 aromatic rings. The monoisotopic (exact) mass is 254 g/mol. The number of carboxylic acids is 1. The highest BCUT2D eigenvalue weighted by molar-refractivity contribution is 7.90. The van der Waals surface area contributed by atoms with Crippen LogP contribution in [-0.2, 0) is 21.4 Å². The van der Waals surface area contributed by atoms with Crippen molar-refractivity contribution in [2.75, 3.05) is 5.75 Å². The molecule has 0 atom stereocenters. The highest BCUT2D eigenvalue weighted by Crippen LogP contribution is 2.03. The van der Waals surface area contributed by atoms with E-state index in [9.17, 15) is 13.2 Å². The Morgan fingerprint density at radius 1 is 1.35 bits per heavy atom. The molecule has 0 aliphatic carbocycles. The van der Waals surface area contributed by atoms with Crippen LogP contribution in [0.1, 0.15) is 11.1 Å². The smallest absolute Gasteiger partial charge is 0.320 e. The third-order valence-electron chi connectivity index (χ3n) is 1.89. The fourth-order valence-corrected chi connectivity index (χ4v) is 1.92. The SMILES string of the molecule is N#Cc1ccc(CNS(=O)(=O)CC(=O)O)cc1. The molecular formula is C10H10N2O4S. The van der Waals surface area contributed by atoms with Crippen LogP contribution < -0.4 is 4.72 Å². The predicted molar refractivity (Wildman–Crippen MR) is 59.4 cm³/mol. The van der Waals surface area contributed by atoms with Gasteiger partial charge in [-0.2, -0.15) is 5.26 Å². The lowest BCUT2D eigenvalue weighted by atomic mass is 10.1. The van der Waals surface area contributed by atoms with E-state index in [0.717, 1.165) is 0 Å². The van der Waals surface area contributed by atoms with E-state index in [-0.39, 0.29) is 6.54 Å². The average Bonchev–Trinajstić information content (AvgIpc) is 2.25. The normalized spacial score (nSPS) is 10.8. The molecule has 0 bridgehead atoms. The molecule has 0 unspecified atom stereocenters. The number of hydrogen-bond acceptors (Lipinski definition) is 4. The van der Waals surface area contributed by atoms with Gasteiger partial charge < -0.3 is 5.11 Å². The van der Waals surface area contributed by atoms with Crippen molar-refractivity contribution in [3.63, 3.8) is 0 Å². The fourth-order valence-electron chi connectivity index (χ4n) is 1.10. The van der Waals surface area contributed by atoms with Gasteiger partial charge in [0.2, 0.25) is 10.0 Å². The molecule has 6 nitrogen and oxygen atoms in total. The Labute approximate surface area is 98.6 Å². The second-order valence-corrected chi connectivity index (χ2v) is 5.09. The molecule has 0 fully saturated rings. The van der Waals surface area contributed by atoms with Gasteiger partial charge in [-0.05, 0) is 17.7 Å². The van der Waals surface area contributed by atoms with Crippen LogP contribution in [0.3, 0.4) is 0 Å². The van der Waals surface area contributed by atoms with E-state index in [0.29, 0.717) is 11.1 Å². The van der Waals surface area contributed by atoms with Crippen molar-refractivity contribution >= 4 is 16.0 Å². The molecule has 0 aliphatic rings. The highest BCUT2D eigenvalue weighted by atomic mass is 32.2. The third-order valence-corrected chi connectivity index (χ3v) is 3.10. The standard InChI is InChI=1S/C10H10N2O4S/c11-5-8-1-3-9(4-2-8)6-12-17(15,16)7-10(13)14/h1-4,12H,6-7H2,(H,13,14). The Bertz CT molecular complexity index is 543. The molecule has 0 saturated carbocycles. The van der Waals surface area contributed by atoms with Crippen LogP contribution in [0.2, 0.25) is 0 Å². The van der Waals surface area contributed by atoms with Gasteiger partial charge in [-0.15, -0.1) is 0 Å². The molecule has 17 heavy (non-hydrogen) atoms. The number of nitrogens with one attached hydrogen (secondary N) is 1. The van der Waals surface area contributed by atoms with Crippen LogP contribution in [0.25, 0.3) is 0 Å². The Hall–Kier alpha value is -1.91. The lowest BCUT2D eigenvalue weighted by Gasteiger charge is -2.04. The zero-order valence-corrected chi connectivity index (χ0v) is 9.57. The number of nitriles is 1. The summed E-state index contributed by atoms with van der Waals surface area (Å²) in [5.41, 5.74) is 1.13. The summed E-state index contributed by atoms with van der Waals surface area (Å²) in [4.78, 5) is 10.3. The number of nitrogens with zero attached hydrogens (tertiary/aromatic N) is 1. The number of rotatable bonds is 5. The average molecular weight is 254 g/mol. The quantitative estimate of drug-likeness (QED) is 0.772. The summed E-state index contributed by atoms with van der Waals surface area (Å²) in [6, 6.07) is 8.25. The van der Waals surface area contributed by atoms with E-state index in [1.54, 1.807) is 24.3 Å². The van der Waals surface area contributed by atoms with Gasteiger partial charge in [-0.3, -0.25) is 4.79 Å². The molecule has 7 heteroatoms. The molecule has 0 amide bonds. The number of hydrogen-bond donors (Lipinski definition) is 2. The van der Waals surface area contributed by atoms with Gasteiger partial charge in [0.05, 0.1) is 11.6 Å². The number of sulfonamides is 1. The fraction of sp³-hybridized carbons (Fsp3) is 0.200. The van der Waals surface area contributed by atoms with Crippen molar-refractivity contribution in [3.8, 4) is 6.07 Å². The lowest BCUT2D eigenvalue weighted by Crippen LogP contribution is -2.29. The van der Waals surface area contributed by atoms with E-state index < -0.39 is 21.7 Å². The first kappa shape index (κ1) is 13.2. The van der Waals surface area contributed by atoms with E-state index in [1.165, 1.54) is 0 Å². The first-order valence-electron chi connectivity index (χ1n) is 4.61. The number of aliphatic carboxylic acids is 1. The predicted octanol–water partition coefficient (Wildman–Crippen LogP) is 0.0623. The number of carboxylic acid groups (broad SMARTS) is 1. The van der Waals surface area contributed by atoms with Crippen molar-refractivity contribution in [2.24, 2.45) is 0 Å². The van der Waals surface area contributed by atoms with Gasteiger partial charge in [0.15, 0.2) is 5.75 Å². The van der Waals surface area contributed by atoms with Gasteiger partial charge in [0.25, 0.3) is 0 Å². The second-order valence-electron chi connectivity index (χ2n) is 3.28. The zero-order valence-electron chi connectivity index (χ0n) is 8.75. The molecule has 2 N–H and O–H groups in total. The van der Waals surface area contributed by atoms with Crippen molar-refractivity contribution in [2.45, 2.75) is 6.54 Å². The van der Waals surface area contributed by atoms with Gasteiger partial charge in [-0.1, -0.05) is 12.1 Å². The largest absolute Gasteiger partial charge is 0.480 e. The van der Waals surface area contributed by atoms with E-state index >= 15 is 0 Å². The van der Waals surface area contributed by atoms with Crippen LogP contribution in [0, 0.1) is 11.3 Å². The van der Waals surface area contributed by atoms with Gasteiger partial charge in [-0.25, -0.2) is 13.1 Å². The summed E-state index contributed by atoms with van der Waals surface area (Å²) in [5, 5.41) is 16.9. The van der Waals surface area contributed by atoms with Gasteiger partial charge >= 0.3 is 5.97 Å². The molecule has 0 aliphatic heterocycles. The van der Waals surface area contributed by atoms with E-state index in [4.69, 9.17) is 10.4 Å². The summed E-state index contributed by atoms with van der Waals surface area (Å²) in [6.07, 6.45) is 0. The molecule has 1 aromatic carbocycles. The minimum Gasteiger partial charge on any atom is -0.480 e. The maximum atomic E-state index is 11.2. The summed E-state index contributed by atoms with van der Waals surface area (Å²) >= 11 is 0. The van der Waals surface area contributed by atoms with Crippen LogP contribution in [-0.4, -0.2) is 25.2 Å². The molecule has 90 valence electrons. The minimum absolute atomic E-state index is 0.00131. The molecular weight excluding hydrogens is 244 g/mol. The maximum absolute atomic E-state index is 11.2. The minimum atomic E-state index is -3.81. The maximum Gasteiger partial charge on any atom is 0.320 e. The van der Waals surface area contributed by atoms with Crippen LogP contribution >= 0.6 is 0 Å². The Kier molecular flexibility index (Phi) is 4.20. The van der Waals surface area contributed by atoms with Crippen LogP contribution in [0.15, 0.2) is 24.3 Å². The third kappa shape index (κ3) is 4.63. The molecule has 0 heterocycles. The first-order chi connectivity index (χ1) is 7.93. The van der Waals surface area contributed by atoms with Gasteiger partial charge in [0, 0.05) is 6.54 Å². The van der Waals surface area contributed by atoms with Crippen molar-refractivity contribution in [1.82, 2.24) is 4.72 Å². The van der Waals surface area contributed by atoms with E-state index in [1.807, 2.05) is 6.07 Å². The summed E-state index contributed by atoms with van der Waals surface area (Å²) < 4.78 is 24.5. The second kappa shape index (κ2) is 5.43.